The second-order valence-corrected chi connectivity index (χ2v) is 2.19. The van der Waals surface area contributed by atoms with Gasteiger partial charge in [-0.25, -0.2) is 0 Å². The lowest BCUT2D eigenvalue weighted by Crippen LogP contribution is -1.73. The zero-order chi connectivity index (χ0) is 8.81. The summed E-state index contributed by atoms with van der Waals surface area (Å²) in [5.74, 6) is 0. The number of hydrogen-bond acceptors (Lipinski definition) is 2. The number of hydrogen-bond donors (Lipinski definition) is 0. The molecule has 3 heteroatoms. The third-order valence-corrected chi connectivity index (χ3v) is 1.35. The van der Waals surface area contributed by atoms with E-state index in [4.69, 9.17) is 10.5 Å². The average molecular weight is 191 g/mol. The van der Waals surface area contributed by atoms with Gasteiger partial charge in [0, 0.05) is 0 Å². The summed E-state index contributed by atoms with van der Waals surface area (Å²) in [6.45, 7) is 0. The molecule has 0 bridgehead atoms. The van der Waals surface area contributed by atoms with Crippen LogP contribution in [0, 0.1) is 22.7 Å². The number of halogens is 1. The van der Waals surface area contributed by atoms with E-state index in [0.29, 0.717) is 0 Å². The van der Waals surface area contributed by atoms with Crippen molar-refractivity contribution in [3.05, 3.63) is 41.5 Å². The van der Waals surface area contributed by atoms with Gasteiger partial charge in [-0.05, 0) is 11.6 Å². The molecule has 64 valence electrons. The molecule has 0 saturated heterocycles. The summed E-state index contributed by atoms with van der Waals surface area (Å²) in [7, 11) is 0. The molecule has 0 amide bonds. The molecular formula is C10H7ClN2. The standard InChI is InChI=1S/C10H6N2.ClH/c11-7-10(8-12)6-9-4-2-1-3-5-9;/h1-6H;1H. The monoisotopic (exact) mass is 190 g/mol. The Balaban J connectivity index is 0.00000144. The molecule has 0 atom stereocenters. The van der Waals surface area contributed by atoms with Crippen LogP contribution in [0.1, 0.15) is 5.56 Å². The van der Waals surface area contributed by atoms with Crippen LogP contribution in [0.15, 0.2) is 35.9 Å². The molecule has 0 radical (unpaired) electrons. The summed E-state index contributed by atoms with van der Waals surface area (Å²) in [5.41, 5.74) is 0.997. The van der Waals surface area contributed by atoms with Crippen LogP contribution in [0.5, 0.6) is 0 Å². The van der Waals surface area contributed by atoms with E-state index in [-0.39, 0.29) is 18.0 Å². The third-order valence-electron chi connectivity index (χ3n) is 1.35. The van der Waals surface area contributed by atoms with Gasteiger partial charge < -0.3 is 0 Å². The lowest BCUT2D eigenvalue weighted by Gasteiger charge is -1.88. The van der Waals surface area contributed by atoms with Crippen LogP contribution in [0.2, 0.25) is 0 Å². The first-order valence-electron chi connectivity index (χ1n) is 3.44. The topological polar surface area (TPSA) is 47.6 Å². The van der Waals surface area contributed by atoms with Gasteiger partial charge in [0.2, 0.25) is 0 Å². The van der Waals surface area contributed by atoms with Gasteiger partial charge in [0.15, 0.2) is 0 Å². The second-order valence-electron chi connectivity index (χ2n) is 2.19. The van der Waals surface area contributed by atoms with Gasteiger partial charge in [-0.15, -0.1) is 12.4 Å². The van der Waals surface area contributed by atoms with Gasteiger partial charge in [-0.3, -0.25) is 0 Å². The molecule has 0 heterocycles. The van der Waals surface area contributed by atoms with Gasteiger partial charge >= 0.3 is 0 Å². The largest absolute Gasteiger partial charge is 0.192 e. The highest BCUT2D eigenvalue weighted by Crippen LogP contribution is 2.04. The van der Waals surface area contributed by atoms with E-state index in [0.717, 1.165) is 5.56 Å². The Kier molecular flexibility index (Phi) is 5.03. The predicted octanol–water partition coefficient (Wildman–Crippen LogP) is 2.54. The predicted molar refractivity (Wildman–Crippen MR) is 52.9 cm³/mol. The summed E-state index contributed by atoms with van der Waals surface area (Å²) in [4.78, 5) is 0. The van der Waals surface area contributed by atoms with Crippen LogP contribution in [0.3, 0.4) is 0 Å². The molecule has 0 aliphatic carbocycles. The number of rotatable bonds is 1. The van der Waals surface area contributed by atoms with Crippen molar-refractivity contribution in [2.75, 3.05) is 0 Å². The Bertz CT molecular complexity index is 352. The molecule has 1 aromatic rings. The minimum Gasteiger partial charge on any atom is -0.192 e. The number of allylic oxidation sites excluding steroid dienone is 1. The van der Waals surface area contributed by atoms with E-state index in [9.17, 15) is 0 Å². The van der Waals surface area contributed by atoms with E-state index in [1.165, 1.54) is 0 Å². The Morgan fingerprint density at radius 1 is 1.08 bits per heavy atom. The van der Waals surface area contributed by atoms with E-state index in [1.807, 2.05) is 30.3 Å². The van der Waals surface area contributed by atoms with Crippen LogP contribution >= 0.6 is 12.4 Å². The first-order chi connectivity index (χ1) is 5.86. The first kappa shape index (κ1) is 11.2. The molecule has 13 heavy (non-hydrogen) atoms. The average Bonchev–Trinajstić information content (AvgIpc) is 2.16. The van der Waals surface area contributed by atoms with E-state index in [1.54, 1.807) is 18.2 Å². The number of nitrogens with zero attached hydrogens (tertiary/aromatic N) is 2. The van der Waals surface area contributed by atoms with Crippen LogP contribution in [-0.2, 0) is 0 Å². The highest BCUT2D eigenvalue weighted by molar-refractivity contribution is 5.85. The van der Waals surface area contributed by atoms with E-state index in [2.05, 4.69) is 0 Å². The first-order valence-corrected chi connectivity index (χ1v) is 3.44. The molecule has 0 aliphatic rings. The summed E-state index contributed by atoms with van der Waals surface area (Å²) in [6.07, 6.45) is 1.56. The number of benzene rings is 1. The molecule has 0 unspecified atom stereocenters. The molecule has 0 fully saturated rings. The van der Waals surface area contributed by atoms with Crippen molar-refractivity contribution in [2.45, 2.75) is 0 Å². The van der Waals surface area contributed by atoms with Crippen LogP contribution in [0.4, 0.5) is 0 Å². The quantitative estimate of drug-likeness (QED) is 0.639. The summed E-state index contributed by atoms with van der Waals surface area (Å²) in [5, 5.41) is 16.9. The Labute approximate surface area is 83.1 Å². The molecule has 0 saturated carbocycles. The molecule has 2 nitrogen and oxygen atoms in total. The van der Waals surface area contributed by atoms with Crippen molar-refractivity contribution in [3.8, 4) is 12.1 Å². The van der Waals surface area contributed by atoms with Crippen molar-refractivity contribution in [1.82, 2.24) is 0 Å². The summed E-state index contributed by atoms with van der Waals surface area (Å²) >= 11 is 0. The molecular weight excluding hydrogens is 184 g/mol. The minimum absolute atomic E-state index is 0. The van der Waals surface area contributed by atoms with Crippen LogP contribution < -0.4 is 0 Å². The SMILES string of the molecule is Cl.N#CC(C#N)=Cc1ccccc1. The third kappa shape index (κ3) is 3.42. The fourth-order valence-electron chi connectivity index (χ4n) is 0.805. The maximum Gasteiger partial charge on any atom is 0.130 e. The van der Waals surface area contributed by atoms with E-state index < -0.39 is 0 Å². The van der Waals surface area contributed by atoms with Gasteiger partial charge in [-0.1, -0.05) is 30.3 Å². The van der Waals surface area contributed by atoms with Gasteiger partial charge in [-0.2, -0.15) is 10.5 Å². The summed E-state index contributed by atoms with van der Waals surface area (Å²) < 4.78 is 0. The Morgan fingerprint density at radius 3 is 2.08 bits per heavy atom. The maximum atomic E-state index is 8.45. The zero-order valence-corrected chi connectivity index (χ0v) is 7.58. The molecule has 1 rings (SSSR count). The fourth-order valence-corrected chi connectivity index (χ4v) is 0.805. The summed E-state index contributed by atoms with van der Waals surface area (Å²) in [6, 6.07) is 12.9. The minimum atomic E-state index is 0. The lowest BCUT2D eigenvalue weighted by molar-refractivity contribution is 1.47. The molecule has 0 spiro atoms. The van der Waals surface area contributed by atoms with Crippen LogP contribution in [-0.4, -0.2) is 0 Å². The second kappa shape index (κ2) is 5.83. The lowest BCUT2D eigenvalue weighted by atomic mass is 10.1. The van der Waals surface area contributed by atoms with Gasteiger partial charge in [0.25, 0.3) is 0 Å². The Morgan fingerprint density at radius 2 is 1.62 bits per heavy atom. The van der Waals surface area contributed by atoms with E-state index >= 15 is 0 Å². The van der Waals surface area contributed by atoms with Crippen molar-refractivity contribution in [3.63, 3.8) is 0 Å². The highest BCUT2D eigenvalue weighted by Gasteiger charge is 1.91. The van der Waals surface area contributed by atoms with Crippen LogP contribution in [0.25, 0.3) is 6.08 Å². The molecule has 1 aromatic carbocycles. The van der Waals surface area contributed by atoms with Gasteiger partial charge in [0.1, 0.15) is 17.7 Å². The fraction of sp³-hybridized carbons (Fsp3) is 0. The maximum absolute atomic E-state index is 8.45. The smallest absolute Gasteiger partial charge is 0.130 e. The Hall–Kier alpha value is -1.77. The molecule has 0 aliphatic heterocycles. The molecule has 0 N–H and O–H groups in total. The van der Waals surface area contributed by atoms with Crippen molar-refractivity contribution < 1.29 is 0 Å². The van der Waals surface area contributed by atoms with Gasteiger partial charge in [0.05, 0.1) is 0 Å². The molecule has 0 aromatic heterocycles. The highest BCUT2D eigenvalue weighted by atomic mass is 35.5. The van der Waals surface area contributed by atoms with Crippen molar-refractivity contribution in [1.29, 1.82) is 10.5 Å². The number of nitriles is 2. The van der Waals surface area contributed by atoms with Crippen molar-refractivity contribution >= 4 is 18.5 Å². The zero-order valence-electron chi connectivity index (χ0n) is 6.77. The normalized spacial score (nSPS) is 7.23. The van der Waals surface area contributed by atoms with Crippen molar-refractivity contribution in [2.24, 2.45) is 0 Å².